The number of nitrogens with two attached hydrogens (primary N) is 1. The van der Waals surface area contributed by atoms with E-state index in [1.54, 1.807) is 11.3 Å². The van der Waals surface area contributed by atoms with Gasteiger partial charge in [0.15, 0.2) is 0 Å². The van der Waals surface area contributed by atoms with Crippen LogP contribution in [0.15, 0.2) is 41.1 Å². The molecule has 1 atom stereocenters. The summed E-state index contributed by atoms with van der Waals surface area (Å²) in [5.41, 5.74) is 8.66. The van der Waals surface area contributed by atoms with Crippen LogP contribution in [0.2, 0.25) is 5.02 Å². The van der Waals surface area contributed by atoms with Crippen LogP contribution in [0, 0.1) is 0 Å². The minimum atomic E-state index is 0.176. The summed E-state index contributed by atoms with van der Waals surface area (Å²) in [4.78, 5) is 0. The van der Waals surface area contributed by atoms with Gasteiger partial charge >= 0.3 is 0 Å². The van der Waals surface area contributed by atoms with Gasteiger partial charge in [-0.3, -0.25) is 0 Å². The summed E-state index contributed by atoms with van der Waals surface area (Å²) in [7, 11) is 0. The van der Waals surface area contributed by atoms with Crippen LogP contribution in [-0.4, -0.2) is 6.04 Å². The van der Waals surface area contributed by atoms with Crippen molar-refractivity contribution >= 4 is 22.9 Å². The first-order valence-electron chi connectivity index (χ1n) is 5.76. The first-order chi connectivity index (χ1) is 8.25. The minimum Gasteiger partial charge on any atom is -0.327 e. The zero-order valence-electron chi connectivity index (χ0n) is 9.60. The van der Waals surface area contributed by atoms with Gasteiger partial charge in [-0.05, 0) is 53.3 Å². The van der Waals surface area contributed by atoms with Gasteiger partial charge in [0.1, 0.15) is 0 Å². The van der Waals surface area contributed by atoms with Gasteiger partial charge in [0, 0.05) is 11.1 Å². The van der Waals surface area contributed by atoms with Gasteiger partial charge in [-0.15, -0.1) is 0 Å². The van der Waals surface area contributed by atoms with Crippen LogP contribution in [-0.2, 0) is 12.8 Å². The summed E-state index contributed by atoms with van der Waals surface area (Å²) in [6.45, 7) is 0. The highest BCUT2D eigenvalue weighted by atomic mass is 35.5. The zero-order valence-corrected chi connectivity index (χ0v) is 11.2. The van der Waals surface area contributed by atoms with Crippen molar-refractivity contribution < 1.29 is 0 Å². The molecule has 17 heavy (non-hydrogen) atoms. The molecule has 1 aromatic heterocycles. The molecular formula is C14H16ClNS. The van der Waals surface area contributed by atoms with Crippen LogP contribution in [0.4, 0.5) is 0 Å². The van der Waals surface area contributed by atoms with E-state index in [4.69, 9.17) is 17.3 Å². The van der Waals surface area contributed by atoms with Crippen LogP contribution in [0.25, 0.3) is 0 Å². The molecule has 0 bridgehead atoms. The Labute approximate surface area is 111 Å². The molecule has 1 unspecified atom stereocenters. The molecule has 0 radical (unpaired) electrons. The third-order valence-electron chi connectivity index (χ3n) is 2.82. The van der Waals surface area contributed by atoms with Gasteiger partial charge in [-0.25, -0.2) is 0 Å². The molecule has 0 fully saturated rings. The number of halogens is 1. The van der Waals surface area contributed by atoms with Crippen molar-refractivity contribution in [1.82, 2.24) is 0 Å². The Hall–Kier alpha value is -0.830. The average Bonchev–Trinajstić information content (AvgIpc) is 2.82. The molecule has 2 rings (SSSR count). The van der Waals surface area contributed by atoms with Crippen LogP contribution in [0.5, 0.6) is 0 Å². The lowest BCUT2D eigenvalue weighted by Crippen LogP contribution is -2.23. The highest BCUT2D eigenvalue weighted by molar-refractivity contribution is 7.07. The molecule has 0 spiro atoms. The summed E-state index contributed by atoms with van der Waals surface area (Å²) < 4.78 is 0. The molecule has 90 valence electrons. The lowest BCUT2D eigenvalue weighted by Gasteiger charge is -2.12. The monoisotopic (exact) mass is 265 g/mol. The van der Waals surface area contributed by atoms with E-state index in [1.165, 1.54) is 5.56 Å². The van der Waals surface area contributed by atoms with Crippen molar-refractivity contribution in [2.24, 2.45) is 5.73 Å². The van der Waals surface area contributed by atoms with Crippen LogP contribution >= 0.6 is 22.9 Å². The van der Waals surface area contributed by atoms with E-state index < -0.39 is 0 Å². The van der Waals surface area contributed by atoms with Crippen molar-refractivity contribution in [3.8, 4) is 0 Å². The fourth-order valence-corrected chi connectivity index (χ4v) is 2.75. The molecule has 0 saturated carbocycles. The van der Waals surface area contributed by atoms with E-state index >= 15 is 0 Å². The van der Waals surface area contributed by atoms with Crippen LogP contribution in [0.3, 0.4) is 0 Å². The number of hydrogen-bond donors (Lipinski definition) is 1. The summed E-state index contributed by atoms with van der Waals surface area (Å²) in [6.07, 6.45) is 2.90. The molecule has 1 aromatic carbocycles. The molecule has 0 aliphatic carbocycles. The molecule has 0 aliphatic heterocycles. The Morgan fingerprint density at radius 1 is 1.24 bits per heavy atom. The number of hydrogen-bond acceptors (Lipinski definition) is 2. The van der Waals surface area contributed by atoms with Crippen molar-refractivity contribution in [1.29, 1.82) is 0 Å². The third kappa shape index (κ3) is 3.84. The topological polar surface area (TPSA) is 26.0 Å². The summed E-state index contributed by atoms with van der Waals surface area (Å²) in [5, 5.41) is 5.11. The molecule has 0 amide bonds. The van der Waals surface area contributed by atoms with Crippen molar-refractivity contribution in [2.45, 2.75) is 25.3 Å². The van der Waals surface area contributed by atoms with Gasteiger partial charge in [0.2, 0.25) is 0 Å². The van der Waals surface area contributed by atoms with Gasteiger partial charge in [-0.2, -0.15) is 11.3 Å². The molecule has 0 aliphatic rings. The maximum atomic E-state index is 6.14. The maximum Gasteiger partial charge on any atom is 0.0438 e. The second kappa shape index (κ2) is 6.20. The molecule has 1 nitrogen and oxygen atoms in total. The second-order valence-corrected chi connectivity index (χ2v) is 5.41. The zero-order chi connectivity index (χ0) is 12.1. The molecule has 2 aromatic rings. The fraction of sp³-hybridized carbons (Fsp3) is 0.286. The average molecular weight is 266 g/mol. The predicted molar refractivity (Wildman–Crippen MR) is 75.8 cm³/mol. The van der Waals surface area contributed by atoms with Crippen LogP contribution < -0.4 is 5.73 Å². The molecule has 0 saturated heterocycles. The standard InChI is InChI=1S/C14H16ClNS/c15-14-4-2-1-3-12(14)9-13(16)6-5-11-7-8-17-10-11/h1-4,7-8,10,13H,5-6,9,16H2. The fourth-order valence-electron chi connectivity index (χ4n) is 1.84. The van der Waals surface area contributed by atoms with Gasteiger partial charge in [0.25, 0.3) is 0 Å². The number of rotatable bonds is 5. The number of thiophene rings is 1. The van der Waals surface area contributed by atoms with Crippen LogP contribution in [0.1, 0.15) is 17.5 Å². The number of aryl methyl sites for hydroxylation is 1. The third-order valence-corrected chi connectivity index (χ3v) is 3.92. The first kappa shape index (κ1) is 12.6. The first-order valence-corrected chi connectivity index (χ1v) is 7.08. The summed E-state index contributed by atoms with van der Waals surface area (Å²) in [5.74, 6) is 0. The molecule has 2 N–H and O–H groups in total. The Bertz CT molecular complexity index is 453. The van der Waals surface area contributed by atoms with Gasteiger partial charge < -0.3 is 5.73 Å². The Morgan fingerprint density at radius 3 is 2.76 bits per heavy atom. The predicted octanol–water partition coefficient (Wildman–Crippen LogP) is 3.90. The highest BCUT2D eigenvalue weighted by Crippen LogP contribution is 2.18. The lowest BCUT2D eigenvalue weighted by atomic mass is 10.0. The molecular weight excluding hydrogens is 250 g/mol. The summed E-state index contributed by atoms with van der Waals surface area (Å²) >= 11 is 7.85. The van der Waals surface area contributed by atoms with Crippen molar-refractivity contribution in [3.05, 3.63) is 57.2 Å². The quantitative estimate of drug-likeness (QED) is 0.872. The Kier molecular flexibility index (Phi) is 4.60. The van der Waals surface area contributed by atoms with Gasteiger partial charge in [0.05, 0.1) is 0 Å². The SMILES string of the molecule is NC(CCc1ccsc1)Cc1ccccc1Cl. The second-order valence-electron chi connectivity index (χ2n) is 4.23. The van der Waals surface area contributed by atoms with Crippen molar-refractivity contribution in [2.75, 3.05) is 0 Å². The van der Waals surface area contributed by atoms with E-state index in [9.17, 15) is 0 Å². The molecule has 3 heteroatoms. The smallest absolute Gasteiger partial charge is 0.0438 e. The van der Waals surface area contributed by atoms with E-state index in [-0.39, 0.29) is 6.04 Å². The Morgan fingerprint density at radius 2 is 2.06 bits per heavy atom. The minimum absolute atomic E-state index is 0.176. The normalized spacial score (nSPS) is 12.6. The van der Waals surface area contributed by atoms with E-state index in [0.29, 0.717) is 0 Å². The van der Waals surface area contributed by atoms with Gasteiger partial charge in [-0.1, -0.05) is 29.8 Å². The highest BCUT2D eigenvalue weighted by Gasteiger charge is 2.07. The van der Waals surface area contributed by atoms with E-state index in [1.807, 2.05) is 24.3 Å². The molecule has 1 heterocycles. The Balaban J connectivity index is 1.85. The summed E-state index contributed by atoms with van der Waals surface area (Å²) in [6, 6.07) is 10.3. The van der Waals surface area contributed by atoms with E-state index in [2.05, 4.69) is 16.8 Å². The van der Waals surface area contributed by atoms with Crippen molar-refractivity contribution in [3.63, 3.8) is 0 Å². The maximum absolute atomic E-state index is 6.14. The number of benzene rings is 1. The van der Waals surface area contributed by atoms with E-state index in [0.717, 1.165) is 29.8 Å². The lowest BCUT2D eigenvalue weighted by molar-refractivity contribution is 0.611. The largest absolute Gasteiger partial charge is 0.327 e.